The summed E-state index contributed by atoms with van der Waals surface area (Å²) in [7, 11) is 3.21. The molecule has 5 nitrogen and oxygen atoms in total. The number of ether oxygens (including phenoxy) is 1. The lowest BCUT2D eigenvalue weighted by atomic mass is 10.3. The van der Waals surface area contributed by atoms with Gasteiger partial charge in [0.15, 0.2) is 0 Å². The highest BCUT2D eigenvalue weighted by atomic mass is 32.1. The molecule has 0 unspecified atom stereocenters. The second-order valence-corrected chi connectivity index (χ2v) is 4.35. The summed E-state index contributed by atoms with van der Waals surface area (Å²) in [5.41, 5.74) is 1.84. The zero-order valence-corrected chi connectivity index (χ0v) is 10.0. The van der Waals surface area contributed by atoms with Gasteiger partial charge in [0.1, 0.15) is 9.88 Å². The fraction of sp³-hybridized carbons (Fsp3) is 0.300. The second kappa shape index (κ2) is 4.05. The number of aryl methyl sites for hydroxylation is 2. The highest BCUT2D eigenvalue weighted by Crippen LogP contribution is 2.27. The molecule has 0 N–H and O–H groups in total. The van der Waals surface area contributed by atoms with Gasteiger partial charge in [-0.25, -0.2) is 9.78 Å². The van der Waals surface area contributed by atoms with E-state index in [1.807, 2.05) is 20.2 Å². The van der Waals surface area contributed by atoms with Crippen LogP contribution in [-0.2, 0) is 11.8 Å². The second-order valence-electron chi connectivity index (χ2n) is 3.32. The molecule has 0 aliphatic heterocycles. The monoisotopic (exact) mass is 237 g/mol. The van der Waals surface area contributed by atoms with Gasteiger partial charge < -0.3 is 4.74 Å². The first kappa shape index (κ1) is 10.8. The molecule has 0 amide bonds. The number of methoxy groups -OCH3 is 1. The molecule has 2 aromatic heterocycles. The zero-order valence-electron chi connectivity index (χ0n) is 9.22. The third-order valence-corrected chi connectivity index (χ3v) is 3.15. The van der Waals surface area contributed by atoms with Crippen LogP contribution in [0.25, 0.3) is 10.6 Å². The Hall–Kier alpha value is -1.69. The largest absolute Gasteiger partial charge is 0.465 e. The fourth-order valence-electron chi connectivity index (χ4n) is 1.40. The van der Waals surface area contributed by atoms with Crippen molar-refractivity contribution in [2.45, 2.75) is 6.92 Å². The Balaban J connectivity index is 2.38. The van der Waals surface area contributed by atoms with Crippen LogP contribution >= 0.6 is 11.3 Å². The molecule has 0 saturated carbocycles. The van der Waals surface area contributed by atoms with Gasteiger partial charge in [-0.15, -0.1) is 11.3 Å². The van der Waals surface area contributed by atoms with Crippen molar-refractivity contribution in [3.63, 3.8) is 0 Å². The molecule has 0 spiro atoms. The number of esters is 1. The Morgan fingerprint density at radius 1 is 1.56 bits per heavy atom. The van der Waals surface area contributed by atoms with E-state index in [4.69, 9.17) is 0 Å². The van der Waals surface area contributed by atoms with Crippen molar-refractivity contribution in [1.29, 1.82) is 0 Å². The summed E-state index contributed by atoms with van der Waals surface area (Å²) in [4.78, 5) is 16.0. The Labute approximate surface area is 96.7 Å². The maximum absolute atomic E-state index is 11.3. The Kier molecular flexibility index (Phi) is 2.74. The van der Waals surface area contributed by atoms with E-state index in [2.05, 4.69) is 14.8 Å². The summed E-state index contributed by atoms with van der Waals surface area (Å²) in [5, 5.41) is 5.01. The Morgan fingerprint density at radius 2 is 2.31 bits per heavy atom. The van der Waals surface area contributed by atoms with E-state index < -0.39 is 0 Å². The third kappa shape index (κ3) is 1.83. The Morgan fingerprint density at radius 3 is 2.88 bits per heavy atom. The first-order chi connectivity index (χ1) is 7.61. The maximum Gasteiger partial charge on any atom is 0.349 e. The summed E-state index contributed by atoms with van der Waals surface area (Å²) < 4.78 is 6.36. The lowest BCUT2D eigenvalue weighted by molar-refractivity contribution is 0.0606. The first-order valence-electron chi connectivity index (χ1n) is 4.66. The quantitative estimate of drug-likeness (QED) is 0.745. The van der Waals surface area contributed by atoms with Crippen molar-refractivity contribution in [2.24, 2.45) is 7.05 Å². The van der Waals surface area contributed by atoms with Crippen molar-refractivity contribution in [2.75, 3.05) is 7.11 Å². The normalized spacial score (nSPS) is 10.4. The van der Waals surface area contributed by atoms with Crippen LogP contribution in [0.1, 0.15) is 15.4 Å². The van der Waals surface area contributed by atoms with Gasteiger partial charge in [0, 0.05) is 13.2 Å². The molecule has 0 aromatic carbocycles. The summed E-state index contributed by atoms with van der Waals surface area (Å²) in [6.45, 7) is 1.91. The van der Waals surface area contributed by atoms with Crippen LogP contribution in [0.5, 0.6) is 0 Å². The van der Waals surface area contributed by atoms with Crippen molar-refractivity contribution in [3.05, 3.63) is 23.0 Å². The molecule has 0 fully saturated rings. The number of carbonyl (C=O) groups excluding carboxylic acids is 1. The molecule has 16 heavy (non-hydrogen) atoms. The molecule has 2 rings (SSSR count). The molecule has 2 heterocycles. The Bertz CT molecular complexity index is 530. The van der Waals surface area contributed by atoms with Gasteiger partial charge >= 0.3 is 5.97 Å². The van der Waals surface area contributed by atoms with Crippen molar-refractivity contribution < 1.29 is 9.53 Å². The van der Waals surface area contributed by atoms with E-state index in [-0.39, 0.29) is 5.97 Å². The van der Waals surface area contributed by atoms with E-state index in [9.17, 15) is 4.79 Å². The number of carbonyl (C=O) groups is 1. The molecule has 0 saturated heterocycles. The minimum Gasteiger partial charge on any atom is -0.465 e. The van der Waals surface area contributed by atoms with Gasteiger partial charge in [0.25, 0.3) is 0 Å². The molecule has 2 aromatic rings. The average Bonchev–Trinajstić information content (AvgIpc) is 2.83. The lowest BCUT2D eigenvalue weighted by Crippen LogP contribution is -1.96. The maximum atomic E-state index is 11.3. The predicted molar refractivity (Wildman–Crippen MR) is 60.4 cm³/mol. The SMILES string of the molecule is COC(=O)c1cnc(-c2cn(C)nc2C)s1. The number of rotatable bonds is 2. The molecular weight excluding hydrogens is 226 g/mol. The summed E-state index contributed by atoms with van der Waals surface area (Å²) in [6, 6.07) is 0. The standard InChI is InChI=1S/C10H11N3O2S/c1-6-7(5-13(2)12-6)9-11-4-8(16-9)10(14)15-3/h4-5H,1-3H3. The minimum atomic E-state index is -0.356. The number of thiazole rings is 1. The van der Waals surface area contributed by atoms with Crippen LogP contribution in [0.3, 0.4) is 0 Å². The summed E-state index contributed by atoms with van der Waals surface area (Å²) in [5.74, 6) is -0.356. The third-order valence-electron chi connectivity index (χ3n) is 2.14. The van der Waals surface area contributed by atoms with Crippen LogP contribution in [0.2, 0.25) is 0 Å². The first-order valence-corrected chi connectivity index (χ1v) is 5.48. The molecule has 0 atom stereocenters. The van der Waals surface area contributed by atoms with Gasteiger partial charge in [0.05, 0.1) is 24.6 Å². The lowest BCUT2D eigenvalue weighted by Gasteiger charge is -1.91. The van der Waals surface area contributed by atoms with Crippen molar-refractivity contribution in [1.82, 2.24) is 14.8 Å². The number of nitrogens with zero attached hydrogens (tertiary/aromatic N) is 3. The van der Waals surface area contributed by atoms with E-state index in [1.165, 1.54) is 24.6 Å². The van der Waals surface area contributed by atoms with E-state index in [1.54, 1.807) is 4.68 Å². The molecule has 0 radical (unpaired) electrons. The molecule has 0 aliphatic carbocycles. The summed E-state index contributed by atoms with van der Waals surface area (Å²) in [6.07, 6.45) is 3.41. The topological polar surface area (TPSA) is 57.0 Å². The van der Waals surface area contributed by atoms with Crippen LogP contribution in [-0.4, -0.2) is 27.8 Å². The summed E-state index contributed by atoms with van der Waals surface area (Å²) >= 11 is 1.31. The number of hydrogen-bond acceptors (Lipinski definition) is 5. The predicted octanol–water partition coefficient (Wildman–Crippen LogP) is 1.64. The molecule has 84 valence electrons. The highest BCUT2D eigenvalue weighted by Gasteiger charge is 2.14. The van der Waals surface area contributed by atoms with Gasteiger partial charge in [-0.3, -0.25) is 4.68 Å². The van der Waals surface area contributed by atoms with Gasteiger partial charge in [-0.1, -0.05) is 0 Å². The van der Waals surface area contributed by atoms with Crippen LogP contribution < -0.4 is 0 Å². The highest BCUT2D eigenvalue weighted by molar-refractivity contribution is 7.16. The zero-order chi connectivity index (χ0) is 11.7. The smallest absolute Gasteiger partial charge is 0.349 e. The van der Waals surface area contributed by atoms with Crippen molar-refractivity contribution in [3.8, 4) is 10.6 Å². The number of hydrogen-bond donors (Lipinski definition) is 0. The fourth-order valence-corrected chi connectivity index (χ4v) is 2.30. The molecule has 6 heteroatoms. The molecule has 0 aliphatic rings. The van der Waals surface area contributed by atoms with Crippen LogP contribution in [0, 0.1) is 6.92 Å². The average molecular weight is 237 g/mol. The van der Waals surface area contributed by atoms with E-state index in [0.717, 1.165) is 16.3 Å². The minimum absolute atomic E-state index is 0.356. The molecular formula is C10H11N3O2S. The van der Waals surface area contributed by atoms with Crippen molar-refractivity contribution >= 4 is 17.3 Å². The van der Waals surface area contributed by atoms with E-state index >= 15 is 0 Å². The van der Waals surface area contributed by atoms with Gasteiger partial charge in [0.2, 0.25) is 0 Å². The van der Waals surface area contributed by atoms with Gasteiger partial charge in [-0.2, -0.15) is 5.10 Å². The van der Waals surface area contributed by atoms with Crippen LogP contribution in [0.4, 0.5) is 0 Å². The number of aromatic nitrogens is 3. The van der Waals surface area contributed by atoms with Crippen LogP contribution in [0.15, 0.2) is 12.4 Å². The van der Waals surface area contributed by atoms with E-state index in [0.29, 0.717) is 4.88 Å². The van der Waals surface area contributed by atoms with Gasteiger partial charge in [-0.05, 0) is 6.92 Å². The molecule has 0 bridgehead atoms.